The van der Waals surface area contributed by atoms with Crippen molar-refractivity contribution in [2.45, 2.75) is 13.0 Å². The van der Waals surface area contributed by atoms with E-state index in [-0.39, 0.29) is 12.0 Å². The van der Waals surface area contributed by atoms with Crippen molar-refractivity contribution in [1.29, 1.82) is 5.26 Å². The Morgan fingerprint density at radius 1 is 1.23 bits per heavy atom. The third-order valence-electron chi connectivity index (χ3n) is 2.58. The lowest BCUT2D eigenvalue weighted by atomic mass is 10.3. The zero-order valence-electron chi connectivity index (χ0n) is 11.7. The lowest BCUT2D eigenvalue weighted by Gasteiger charge is -2.11. The van der Waals surface area contributed by atoms with Gasteiger partial charge in [0.15, 0.2) is 0 Å². The fourth-order valence-corrected chi connectivity index (χ4v) is 2.03. The number of halogens is 2. The number of rotatable bonds is 5. The average Bonchev–Trinajstić information content (AvgIpc) is 2.50. The SMILES string of the molecule is CC(C=CC#N)Oc1ccc(Oc2ncc(Cl)cc2Cl)cc1. The van der Waals surface area contributed by atoms with Crippen molar-refractivity contribution in [3.8, 4) is 23.4 Å². The van der Waals surface area contributed by atoms with Crippen LogP contribution in [-0.4, -0.2) is 11.1 Å². The van der Waals surface area contributed by atoms with Crippen LogP contribution < -0.4 is 9.47 Å². The molecule has 0 saturated carbocycles. The minimum Gasteiger partial charge on any atom is -0.487 e. The van der Waals surface area contributed by atoms with Gasteiger partial charge in [-0.25, -0.2) is 4.98 Å². The monoisotopic (exact) mass is 334 g/mol. The molecule has 1 heterocycles. The summed E-state index contributed by atoms with van der Waals surface area (Å²) in [5, 5.41) is 9.24. The number of hydrogen-bond acceptors (Lipinski definition) is 4. The van der Waals surface area contributed by atoms with Gasteiger partial charge in [-0.1, -0.05) is 23.2 Å². The number of nitriles is 1. The average molecular weight is 335 g/mol. The molecule has 0 fully saturated rings. The summed E-state index contributed by atoms with van der Waals surface area (Å²) in [5.41, 5.74) is 0. The van der Waals surface area contributed by atoms with Gasteiger partial charge in [-0.2, -0.15) is 5.26 Å². The second kappa shape index (κ2) is 7.69. The number of nitrogens with zero attached hydrogens (tertiary/aromatic N) is 2. The Labute approximate surface area is 138 Å². The molecule has 6 heteroatoms. The van der Waals surface area contributed by atoms with E-state index in [1.165, 1.54) is 12.3 Å². The Morgan fingerprint density at radius 3 is 2.55 bits per heavy atom. The van der Waals surface area contributed by atoms with Gasteiger partial charge in [0.1, 0.15) is 22.6 Å². The van der Waals surface area contributed by atoms with Crippen molar-refractivity contribution in [3.05, 3.63) is 58.7 Å². The lowest BCUT2D eigenvalue weighted by Crippen LogP contribution is -2.07. The molecule has 0 aliphatic carbocycles. The number of allylic oxidation sites excluding steroid dienone is 1. The zero-order chi connectivity index (χ0) is 15.9. The first-order chi connectivity index (χ1) is 10.6. The molecule has 0 aliphatic heterocycles. The highest BCUT2D eigenvalue weighted by Crippen LogP contribution is 2.29. The largest absolute Gasteiger partial charge is 0.487 e. The highest BCUT2D eigenvalue weighted by molar-refractivity contribution is 6.35. The lowest BCUT2D eigenvalue weighted by molar-refractivity contribution is 0.269. The van der Waals surface area contributed by atoms with Gasteiger partial charge in [-0.3, -0.25) is 0 Å². The molecule has 0 amide bonds. The smallest absolute Gasteiger partial charge is 0.238 e. The Hall–Kier alpha value is -2.22. The van der Waals surface area contributed by atoms with E-state index in [2.05, 4.69) is 4.98 Å². The van der Waals surface area contributed by atoms with Crippen molar-refractivity contribution in [2.24, 2.45) is 0 Å². The van der Waals surface area contributed by atoms with Crippen molar-refractivity contribution in [3.63, 3.8) is 0 Å². The maximum atomic E-state index is 8.46. The van der Waals surface area contributed by atoms with Gasteiger partial charge in [-0.15, -0.1) is 0 Å². The second-order valence-corrected chi connectivity index (χ2v) is 5.17. The van der Waals surface area contributed by atoms with Crippen LogP contribution in [0, 0.1) is 11.3 Å². The molecule has 2 rings (SSSR count). The quantitative estimate of drug-likeness (QED) is 0.719. The highest BCUT2D eigenvalue weighted by Gasteiger charge is 2.06. The van der Waals surface area contributed by atoms with Gasteiger partial charge in [0, 0.05) is 12.3 Å². The third kappa shape index (κ3) is 4.66. The standard InChI is InChI=1S/C16H12Cl2N2O2/c1-11(3-2-8-19)21-13-4-6-14(7-5-13)22-16-15(18)9-12(17)10-20-16/h2-7,9-11H,1H3. The molecule has 1 atom stereocenters. The molecule has 2 aromatic rings. The van der Waals surface area contributed by atoms with Crippen LogP contribution in [0.2, 0.25) is 10.0 Å². The molecule has 0 bridgehead atoms. The molecule has 0 saturated heterocycles. The summed E-state index contributed by atoms with van der Waals surface area (Å²) < 4.78 is 11.2. The van der Waals surface area contributed by atoms with E-state index in [1.54, 1.807) is 36.4 Å². The maximum absolute atomic E-state index is 8.46. The normalized spacial score (nSPS) is 11.9. The first-order valence-corrected chi connectivity index (χ1v) is 7.16. The van der Waals surface area contributed by atoms with Gasteiger partial charge in [0.2, 0.25) is 5.88 Å². The molecule has 1 unspecified atom stereocenters. The van der Waals surface area contributed by atoms with Crippen LogP contribution in [0.1, 0.15) is 6.92 Å². The number of aromatic nitrogens is 1. The third-order valence-corrected chi connectivity index (χ3v) is 3.05. The van der Waals surface area contributed by atoms with E-state index in [9.17, 15) is 0 Å². The van der Waals surface area contributed by atoms with Gasteiger partial charge < -0.3 is 9.47 Å². The predicted molar refractivity (Wildman–Crippen MR) is 85.6 cm³/mol. The molecule has 0 aliphatic rings. The first-order valence-electron chi connectivity index (χ1n) is 6.40. The minimum absolute atomic E-state index is 0.196. The van der Waals surface area contributed by atoms with Gasteiger partial charge in [0.05, 0.1) is 11.1 Å². The van der Waals surface area contributed by atoms with E-state index in [1.807, 2.05) is 13.0 Å². The summed E-state index contributed by atoms with van der Waals surface area (Å²) in [4.78, 5) is 4.02. The van der Waals surface area contributed by atoms with E-state index >= 15 is 0 Å². The van der Waals surface area contributed by atoms with Crippen LogP contribution >= 0.6 is 23.2 Å². The zero-order valence-corrected chi connectivity index (χ0v) is 13.2. The first kappa shape index (κ1) is 16.2. The molecular formula is C16H12Cl2N2O2. The topological polar surface area (TPSA) is 55.1 Å². The van der Waals surface area contributed by atoms with Crippen molar-refractivity contribution in [1.82, 2.24) is 4.98 Å². The summed E-state index contributed by atoms with van der Waals surface area (Å²) in [5.74, 6) is 1.52. The molecule has 1 aromatic heterocycles. The Balaban J connectivity index is 2.03. The Bertz CT molecular complexity index is 709. The minimum atomic E-state index is -0.196. The van der Waals surface area contributed by atoms with Crippen LogP contribution in [0.25, 0.3) is 0 Å². The summed E-state index contributed by atoms with van der Waals surface area (Å²) in [6.45, 7) is 1.84. The highest BCUT2D eigenvalue weighted by atomic mass is 35.5. The van der Waals surface area contributed by atoms with E-state index in [0.717, 1.165) is 0 Å². The molecule has 0 spiro atoms. The van der Waals surface area contributed by atoms with Gasteiger partial charge in [0.25, 0.3) is 0 Å². The number of benzene rings is 1. The van der Waals surface area contributed by atoms with Crippen LogP contribution in [0.4, 0.5) is 0 Å². The summed E-state index contributed by atoms with van der Waals surface area (Å²) in [7, 11) is 0. The summed E-state index contributed by atoms with van der Waals surface area (Å²) in [6, 6.07) is 10.5. The summed E-state index contributed by atoms with van der Waals surface area (Å²) >= 11 is 11.8. The predicted octanol–water partition coefficient (Wildman–Crippen LogP) is 5.03. The van der Waals surface area contributed by atoms with Crippen LogP contribution in [0.15, 0.2) is 48.7 Å². The number of ether oxygens (including phenoxy) is 2. The molecule has 0 radical (unpaired) electrons. The van der Waals surface area contributed by atoms with E-state index in [4.69, 9.17) is 37.9 Å². The molecule has 0 N–H and O–H groups in total. The van der Waals surface area contributed by atoms with E-state index < -0.39 is 0 Å². The molecular weight excluding hydrogens is 323 g/mol. The Morgan fingerprint density at radius 2 is 1.91 bits per heavy atom. The number of pyridine rings is 1. The Kier molecular flexibility index (Phi) is 5.65. The van der Waals surface area contributed by atoms with Gasteiger partial charge >= 0.3 is 0 Å². The van der Waals surface area contributed by atoms with Crippen molar-refractivity contribution >= 4 is 23.2 Å². The van der Waals surface area contributed by atoms with Crippen LogP contribution in [0.5, 0.6) is 17.4 Å². The van der Waals surface area contributed by atoms with E-state index in [0.29, 0.717) is 21.5 Å². The molecule has 1 aromatic carbocycles. The molecule has 4 nitrogen and oxygen atoms in total. The number of hydrogen-bond donors (Lipinski definition) is 0. The van der Waals surface area contributed by atoms with Crippen LogP contribution in [-0.2, 0) is 0 Å². The molecule has 22 heavy (non-hydrogen) atoms. The fraction of sp³-hybridized carbons (Fsp3) is 0.125. The fourth-order valence-electron chi connectivity index (χ4n) is 1.61. The van der Waals surface area contributed by atoms with Crippen molar-refractivity contribution < 1.29 is 9.47 Å². The maximum Gasteiger partial charge on any atom is 0.238 e. The van der Waals surface area contributed by atoms with Gasteiger partial charge in [-0.05, 0) is 43.3 Å². The second-order valence-electron chi connectivity index (χ2n) is 4.33. The molecule has 112 valence electrons. The van der Waals surface area contributed by atoms with Crippen LogP contribution in [0.3, 0.4) is 0 Å². The van der Waals surface area contributed by atoms with Crippen molar-refractivity contribution in [2.75, 3.05) is 0 Å². The summed E-state index contributed by atoms with van der Waals surface area (Å²) in [6.07, 6.45) is 4.32.